The molecule has 1 aromatic heterocycles. The van der Waals surface area contributed by atoms with E-state index < -0.39 is 0 Å². The van der Waals surface area contributed by atoms with Crippen LogP contribution in [0.2, 0.25) is 0 Å². The van der Waals surface area contributed by atoms with Crippen LogP contribution >= 0.6 is 11.3 Å². The van der Waals surface area contributed by atoms with Crippen molar-refractivity contribution in [2.75, 3.05) is 10.6 Å². The Labute approximate surface area is 145 Å². The highest BCUT2D eigenvalue weighted by Gasteiger charge is 2.12. The molecular formula is C17H22N4O2S. The Kier molecular flexibility index (Phi) is 6.03. The van der Waals surface area contributed by atoms with E-state index in [4.69, 9.17) is 0 Å². The topological polar surface area (TPSA) is 84.0 Å². The first-order chi connectivity index (χ1) is 11.3. The van der Waals surface area contributed by atoms with E-state index >= 15 is 0 Å². The van der Waals surface area contributed by atoms with E-state index in [0.29, 0.717) is 22.3 Å². The van der Waals surface area contributed by atoms with Crippen LogP contribution in [0.15, 0.2) is 24.3 Å². The predicted octanol–water partition coefficient (Wildman–Crippen LogP) is 3.58. The molecule has 0 aliphatic heterocycles. The molecule has 0 bridgehead atoms. The maximum Gasteiger partial charge on any atom is 0.257 e. The third-order valence-electron chi connectivity index (χ3n) is 3.21. The van der Waals surface area contributed by atoms with Gasteiger partial charge < -0.3 is 5.32 Å². The average Bonchev–Trinajstić information content (AvgIpc) is 2.94. The van der Waals surface area contributed by atoms with Crippen LogP contribution < -0.4 is 10.6 Å². The van der Waals surface area contributed by atoms with Gasteiger partial charge in [0.05, 0.1) is 0 Å². The maximum atomic E-state index is 12.2. The standard InChI is InChI=1S/C17H22N4O2S/c1-10(2)9-14-20-21-17(24-14)19-16(23)12-5-7-13(8-6-12)18-15(22)11(3)4/h5-8,10-11H,9H2,1-4H3,(H,18,22)(H,19,21,23). The molecule has 0 aliphatic rings. The van der Waals surface area contributed by atoms with Gasteiger partial charge in [0.15, 0.2) is 0 Å². The van der Waals surface area contributed by atoms with Crippen LogP contribution in [0.1, 0.15) is 43.1 Å². The quantitative estimate of drug-likeness (QED) is 0.837. The molecule has 6 nitrogen and oxygen atoms in total. The molecule has 2 rings (SSSR count). The van der Waals surface area contributed by atoms with Crippen molar-refractivity contribution in [2.45, 2.75) is 34.1 Å². The number of hydrogen-bond donors (Lipinski definition) is 2. The van der Waals surface area contributed by atoms with E-state index in [1.807, 2.05) is 13.8 Å². The number of rotatable bonds is 6. The number of carbonyl (C=O) groups excluding carboxylic acids is 2. The van der Waals surface area contributed by atoms with Crippen LogP contribution in [-0.4, -0.2) is 22.0 Å². The lowest BCUT2D eigenvalue weighted by Crippen LogP contribution is -2.18. The Hall–Kier alpha value is -2.28. The molecule has 2 aromatic rings. The molecule has 0 spiro atoms. The number of carbonyl (C=O) groups is 2. The summed E-state index contributed by atoms with van der Waals surface area (Å²) in [5, 5.41) is 15.0. The summed E-state index contributed by atoms with van der Waals surface area (Å²) in [5.41, 5.74) is 1.17. The zero-order chi connectivity index (χ0) is 17.7. The number of aromatic nitrogens is 2. The Bertz CT molecular complexity index is 708. The second-order valence-electron chi connectivity index (χ2n) is 6.27. The average molecular weight is 346 g/mol. The van der Waals surface area contributed by atoms with Crippen molar-refractivity contribution in [3.8, 4) is 0 Å². The highest BCUT2D eigenvalue weighted by Crippen LogP contribution is 2.19. The van der Waals surface area contributed by atoms with E-state index in [0.717, 1.165) is 11.4 Å². The molecule has 0 saturated carbocycles. The van der Waals surface area contributed by atoms with Crippen LogP contribution in [0.5, 0.6) is 0 Å². The van der Waals surface area contributed by atoms with Crippen molar-refractivity contribution < 1.29 is 9.59 Å². The van der Waals surface area contributed by atoms with Gasteiger partial charge in [-0.05, 0) is 30.2 Å². The van der Waals surface area contributed by atoms with E-state index in [9.17, 15) is 9.59 Å². The fourth-order valence-corrected chi connectivity index (χ4v) is 2.84. The SMILES string of the molecule is CC(C)Cc1nnc(NC(=O)c2ccc(NC(=O)C(C)C)cc2)s1. The van der Waals surface area contributed by atoms with Crippen molar-refractivity contribution in [3.63, 3.8) is 0 Å². The van der Waals surface area contributed by atoms with Gasteiger partial charge in [0, 0.05) is 23.6 Å². The highest BCUT2D eigenvalue weighted by atomic mass is 32.1. The molecule has 7 heteroatoms. The van der Waals surface area contributed by atoms with E-state index in [1.165, 1.54) is 11.3 Å². The summed E-state index contributed by atoms with van der Waals surface area (Å²) in [4.78, 5) is 23.9. The molecule has 0 saturated heterocycles. The van der Waals surface area contributed by atoms with Crippen molar-refractivity contribution in [1.82, 2.24) is 10.2 Å². The Morgan fingerprint density at radius 3 is 2.29 bits per heavy atom. The smallest absolute Gasteiger partial charge is 0.257 e. The molecule has 0 unspecified atom stereocenters. The molecule has 0 aliphatic carbocycles. The van der Waals surface area contributed by atoms with Gasteiger partial charge in [0.25, 0.3) is 5.91 Å². The Balaban J connectivity index is 1.97. The number of nitrogens with one attached hydrogen (secondary N) is 2. The summed E-state index contributed by atoms with van der Waals surface area (Å²) in [5.74, 6) is 0.100. The summed E-state index contributed by atoms with van der Waals surface area (Å²) >= 11 is 1.39. The molecule has 24 heavy (non-hydrogen) atoms. The minimum atomic E-state index is -0.246. The van der Waals surface area contributed by atoms with Gasteiger partial charge in [0.1, 0.15) is 5.01 Å². The largest absolute Gasteiger partial charge is 0.326 e. The molecule has 0 atom stereocenters. The highest BCUT2D eigenvalue weighted by molar-refractivity contribution is 7.15. The monoisotopic (exact) mass is 346 g/mol. The van der Waals surface area contributed by atoms with Gasteiger partial charge in [-0.1, -0.05) is 39.0 Å². The van der Waals surface area contributed by atoms with Crippen molar-refractivity contribution in [3.05, 3.63) is 34.8 Å². The Morgan fingerprint density at radius 2 is 1.71 bits per heavy atom. The molecule has 0 radical (unpaired) electrons. The van der Waals surface area contributed by atoms with E-state index in [1.54, 1.807) is 24.3 Å². The van der Waals surface area contributed by atoms with Gasteiger partial charge in [-0.15, -0.1) is 10.2 Å². The first-order valence-corrected chi connectivity index (χ1v) is 8.71. The normalized spacial score (nSPS) is 10.9. The molecule has 1 aromatic carbocycles. The summed E-state index contributed by atoms with van der Waals surface area (Å²) in [7, 11) is 0. The van der Waals surface area contributed by atoms with Crippen LogP contribution in [0, 0.1) is 11.8 Å². The molecule has 128 valence electrons. The zero-order valence-corrected chi connectivity index (χ0v) is 15.1. The first-order valence-electron chi connectivity index (χ1n) is 7.89. The summed E-state index contributed by atoms with van der Waals surface area (Å²) in [6, 6.07) is 6.75. The predicted molar refractivity (Wildman–Crippen MR) is 96.3 cm³/mol. The summed E-state index contributed by atoms with van der Waals surface area (Å²) in [6.07, 6.45) is 0.845. The van der Waals surface area contributed by atoms with E-state index in [2.05, 4.69) is 34.7 Å². The zero-order valence-electron chi connectivity index (χ0n) is 14.3. The van der Waals surface area contributed by atoms with Crippen molar-refractivity contribution >= 4 is 34.0 Å². The molecule has 0 fully saturated rings. The second-order valence-corrected chi connectivity index (χ2v) is 7.34. The minimum absolute atomic E-state index is 0.0567. The third-order valence-corrected chi connectivity index (χ3v) is 4.07. The van der Waals surface area contributed by atoms with Crippen LogP contribution in [0.3, 0.4) is 0 Å². The lowest BCUT2D eigenvalue weighted by atomic mass is 10.1. The molecule has 2 amide bonds. The number of anilines is 2. The fourth-order valence-electron chi connectivity index (χ4n) is 1.90. The first kappa shape index (κ1) is 18.1. The number of benzene rings is 1. The van der Waals surface area contributed by atoms with Crippen LogP contribution in [0.25, 0.3) is 0 Å². The van der Waals surface area contributed by atoms with Gasteiger partial charge in [-0.2, -0.15) is 0 Å². The van der Waals surface area contributed by atoms with E-state index in [-0.39, 0.29) is 17.7 Å². The maximum absolute atomic E-state index is 12.2. The second kappa shape index (κ2) is 8.01. The van der Waals surface area contributed by atoms with Crippen LogP contribution in [-0.2, 0) is 11.2 Å². The number of amides is 2. The number of hydrogen-bond acceptors (Lipinski definition) is 5. The van der Waals surface area contributed by atoms with Gasteiger partial charge >= 0.3 is 0 Å². The van der Waals surface area contributed by atoms with Crippen molar-refractivity contribution in [2.24, 2.45) is 11.8 Å². The molecule has 1 heterocycles. The van der Waals surface area contributed by atoms with Crippen LogP contribution in [0.4, 0.5) is 10.8 Å². The summed E-state index contributed by atoms with van der Waals surface area (Å²) in [6.45, 7) is 7.87. The van der Waals surface area contributed by atoms with Gasteiger partial charge in [-0.3, -0.25) is 14.9 Å². The molecular weight excluding hydrogens is 324 g/mol. The lowest BCUT2D eigenvalue weighted by molar-refractivity contribution is -0.118. The third kappa shape index (κ3) is 5.13. The lowest BCUT2D eigenvalue weighted by Gasteiger charge is -2.08. The van der Waals surface area contributed by atoms with Crippen molar-refractivity contribution in [1.29, 1.82) is 0 Å². The summed E-state index contributed by atoms with van der Waals surface area (Å²) < 4.78 is 0. The molecule has 2 N–H and O–H groups in total. The van der Waals surface area contributed by atoms with Gasteiger partial charge in [0.2, 0.25) is 11.0 Å². The number of nitrogens with zero attached hydrogens (tertiary/aromatic N) is 2. The minimum Gasteiger partial charge on any atom is -0.326 e. The Morgan fingerprint density at radius 1 is 1.04 bits per heavy atom. The fraction of sp³-hybridized carbons (Fsp3) is 0.412. The van der Waals surface area contributed by atoms with Gasteiger partial charge in [-0.25, -0.2) is 0 Å².